The number of pyridine rings is 1. The van der Waals surface area contributed by atoms with Gasteiger partial charge in [0.15, 0.2) is 0 Å². The number of hydrogen-bond acceptors (Lipinski definition) is 3. The van der Waals surface area contributed by atoms with Crippen molar-refractivity contribution < 1.29 is 9.18 Å². The molecule has 2 aromatic rings. The van der Waals surface area contributed by atoms with Crippen LogP contribution in [0, 0.1) is 17.7 Å². The number of halogens is 1. The van der Waals surface area contributed by atoms with Crippen LogP contribution < -0.4 is 15.8 Å². The molecule has 26 heavy (non-hydrogen) atoms. The number of nitrogens with one attached hydrogen (secondary N) is 2. The first-order chi connectivity index (χ1) is 12.5. The molecule has 2 N–H and O–H groups in total. The van der Waals surface area contributed by atoms with E-state index in [1.807, 2.05) is 4.90 Å². The molecule has 0 saturated heterocycles. The zero-order valence-corrected chi connectivity index (χ0v) is 14.8. The Bertz CT molecular complexity index is 906. The molecule has 2 aliphatic rings. The van der Waals surface area contributed by atoms with E-state index in [1.165, 1.54) is 12.1 Å². The number of benzene rings is 1. The van der Waals surface area contributed by atoms with Gasteiger partial charge in [-0.15, -0.1) is 0 Å². The summed E-state index contributed by atoms with van der Waals surface area (Å²) < 4.78 is 14.0. The molecule has 1 aliphatic heterocycles. The number of carbonyl (C=O) groups is 1. The van der Waals surface area contributed by atoms with Gasteiger partial charge in [0, 0.05) is 36.3 Å². The molecular formula is C20H22FN3O2. The molecule has 1 aromatic heterocycles. The number of aromatic nitrogens is 1. The predicted octanol–water partition coefficient (Wildman–Crippen LogP) is 3.45. The van der Waals surface area contributed by atoms with Crippen LogP contribution in [-0.4, -0.2) is 16.9 Å². The lowest BCUT2D eigenvalue weighted by molar-refractivity contribution is -0.117. The van der Waals surface area contributed by atoms with Crippen LogP contribution in [0.5, 0.6) is 0 Å². The number of anilines is 2. The second-order valence-corrected chi connectivity index (χ2v) is 7.31. The fourth-order valence-electron chi connectivity index (χ4n) is 4.24. The van der Waals surface area contributed by atoms with Gasteiger partial charge in [0.25, 0.3) is 5.56 Å². The second-order valence-electron chi connectivity index (χ2n) is 7.31. The van der Waals surface area contributed by atoms with Gasteiger partial charge in [0.1, 0.15) is 11.5 Å². The zero-order valence-electron chi connectivity index (χ0n) is 14.8. The maximum absolute atomic E-state index is 14.0. The first kappa shape index (κ1) is 16.8. The van der Waals surface area contributed by atoms with Crippen LogP contribution in [0.25, 0.3) is 0 Å². The number of hydrogen-bond donors (Lipinski definition) is 2. The SMILES string of the molecule is CC(=O)N1c2ccc(F)cc2C(Nc2ccc[nH]c2=O)C(C)C1C1CC1. The molecule has 2 heterocycles. The van der Waals surface area contributed by atoms with Gasteiger partial charge in [-0.05, 0) is 49.1 Å². The van der Waals surface area contributed by atoms with E-state index in [0.717, 1.165) is 18.5 Å². The molecule has 1 aromatic carbocycles. The Morgan fingerprint density at radius 1 is 1.31 bits per heavy atom. The number of nitrogens with zero attached hydrogens (tertiary/aromatic N) is 1. The van der Waals surface area contributed by atoms with Gasteiger partial charge in [-0.2, -0.15) is 0 Å². The van der Waals surface area contributed by atoms with Gasteiger partial charge in [0.2, 0.25) is 5.91 Å². The highest BCUT2D eigenvalue weighted by Crippen LogP contribution is 2.49. The fourth-order valence-corrected chi connectivity index (χ4v) is 4.24. The molecule has 1 aliphatic carbocycles. The largest absolute Gasteiger partial charge is 0.373 e. The third kappa shape index (κ3) is 2.79. The topological polar surface area (TPSA) is 65.2 Å². The lowest BCUT2D eigenvalue weighted by Crippen LogP contribution is -2.51. The summed E-state index contributed by atoms with van der Waals surface area (Å²) in [6, 6.07) is 7.81. The Kier molecular flexibility index (Phi) is 4.05. The van der Waals surface area contributed by atoms with Crippen molar-refractivity contribution in [1.29, 1.82) is 0 Å². The van der Waals surface area contributed by atoms with Gasteiger partial charge < -0.3 is 15.2 Å². The minimum atomic E-state index is -0.349. The summed E-state index contributed by atoms with van der Waals surface area (Å²) in [6.45, 7) is 3.63. The number of H-pyrrole nitrogens is 1. The summed E-state index contributed by atoms with van der Waals surface area (Å²) in [4.78, 5) is 29.0. The van der Waals surface area contributed by atoms with E-state index in [-0.39, 0.29) is 35.3 Å². The Morgan fingerprint density at radius 2 is 2.08 bits per heavy atom. The second kappa shape index (κ2) is 6.27. The number of amides is 1. The molecule has 1 fully saturated rings. The molecule has 5 nitrogen and oxygen atoms in total. The monoisotopic (exact) mass is 355 g/mol. The molecule has 6 heteroatoms. The highest BCUT2D eigenvalue weighted by molar-refractivity contribution is 5.94. The van der Waals surface area contributed by atoms with Crippen LogP contribution in [0.4, 0.5) is 15.8 Å². The number of fused-ring (bicyclic) bond motifs is 1. The van der Waals surface area contributed by atoms with E-state index in [2.05, 4.69) is 17.2 Å². The Labute approximate surface area is 151 Å². The van der Waals surface area contributed by atoms with Gasteiger partial charge >= 0.3 is 0 Å². The van der Waals surface area contributed by atoms with E-state index < -0.39 is 0 Å². The number of carbonyl (C=O) groups excluding carboxylic acids is 1. The van der Waals surface area contributed by atoms with Crippen molar-refractivity contribution in [3.63, 3.8) is 0 Å². The normalized spacial score (nSPS) is 24.9. The average Bonchev–Trinajstić information content (AvgIpc) is 3.43. The van der Waals surface area contributed by atoms with E-state index in [9.17, 15) is 14.0 Å². The summed E-state index contributed by atoms with van der Waals surface area (Å²) in [5, 5.41) is 3.31. The Balaban J connectivity index is 1.83. The Morgan fingerprint density at radius 3 is 2.73 bits per heavy atom. The van der Waals surface area contributed by atoms with E-state index in [1.54, 1.807) is 31.3 Å². The van der Waals surface area contributed by atoms with Crippen molar-refractivity contribution in [2.45, 2.75) is 38.8 Å². The van der Waals surface area contributed by atoms with E-state index in [4.69, 9.17) is 0 Å². The first-order valence-electron chi connectivity index (χ1n) is 9.01. The molecule has 1 saturated carbocycles. The molecule has 4 rings (SSSR count). The quantitative estimate of drug-likeness (QED) is 0.886. The molecule has 1 amide bonds. The van der Waals surface area contributed by atoms with Crippen molar-refractivity contribution in [3.05, 3.63) is 58.3 Å². The third-order valence-electron chi connectivity index (χ3n) is 5.52. The maximum Gasteiger partial charge on any atom is 0.271 e. The zero-order chi connectivity index (χ0) is 18.4. The van der Waals surface area contributed by atoms with Gasteiger partial charge in [-0.1, -0.05) is 6.92 Å². The van der Waals surface area contributed by atoms with Crippen molar-refractivity contribution in [3.8, 4) is 0 Å². The molecule has 0 radical (unpaired) electrons. The van der Waals surface area contributed by atoms with Crippen LogP contribution in [-0.2, 0) is 4.79 Å². The summed E-state index contributed by atoms with van der Waals surface area (Å²) >= 11 is 0. The van der Waals surface area contributed by atoms with E-state index in [0.29, 0.717) is 17.2 Å². The average molecular weight is 355 g/mol. The number of aromatic amines is 1. The van der Waals surface area contributed by atoms with Crippen LogP contribution in [0.3, 0.4) is 0 Å². The van der Waals surface area contributed by atoms with Crippen LogP contribution in [0.1, 0.15) is 38.3 Å². The van der Waals surface area contributed by atoms with Crippen LogP contribution >= 0.6 is 0 Å². The van der Waals surface area contributed by atoms with Crippen LogP contribution in [0.15, 0.2) is 41.3 Å². The number of rotatable bonds is 3. The van der Waals surface area contributed by atoms with Gasteiger partial charge in [-0.25, -0.2) is 4.39 Å². The highest BCUT2D eigenvalue weighted by atomic mass is 19.1. The summed E-state index contributed by atoms with van der Waals surface area (Å²) in [5.41, 5.74) is 1.69. The summed E-state index contributed by atoms with van der Waals surface area (Å²) in [6.07, 6.45) is 3.76. The molecular weight excluding hydrogens is 333 g/mol. The van der Waals surface area contributed by atoms with Crippen molar-refractivity contribution in [2.75, 3.05) is 10.2 Å². The first-order valence-corrected chi connectivity index (χ1v) is 9.01. The summed E-state index contributed by atoms with van der Waals surface area (Å²) in [7, 11) is 0. The molecule has 3 atom stereocenters. The standard InChI is InChI=1S/C20H22FN3O2/c1-11-18(23-16-4-3-9-22-20(16)26)15-10-14(21)7-8-17(15)24(12(2)25)19(11)13-5-6-13/h3-4,7-11,13,18-19,23H,5-6H2,1-2H3,(H,22,26). The minimum absolute atomic E-state index is 0.0300. The van der Waals surface area contributed by atoms with Gasteiger partial charge in [-0.3, -0.25) is 9.59 Å². The Hall–Kier alpha value is -2.63. The predicted molar refractivity (Wildman–Crippen MR) is 98.7 cm³/mol. The lowest BCUT2D eigenvalue weighted by Gasteiger charge is -2.45. The van der Waals surface area contributed by atoms with Crippen LogP contribution in [0.2, 0.25) is 0 Å². The molecule has 0 spiro atoms. The fraction of sp³-hybridized carbons (Fsp3) is 0.400. The third-order valence-corrected chi connectivity index (χ3v) is 5.52. The van der Waals surface area contributed by atoms with Crippen molar-refractivity contribution in [1.82, 2.24) is 4.98 Å². The highest BCUT2D eigenvalue weighted by Gasteiger charge is 2.47. The summed E-state index contributed by atoms with van der Waals surface area (Å²) in [5.74, 6) is 0.112. The lowest BCUT2D eigenvalue weighted by atomic mass is 9.80. The van der Waals surface area contributed by atoms with Crippen molar-refractivity contribution in [2.24, 2.45) is 11.8 Å². The van der Waals surface area contributed by atoms with Gasteiger partial charge in [0.05, 0.1) is 6.04 Å². The maximum atomic E-state index is 14.0. The molecule has 0 bridgehead atoms. The smallest absolute Gasteiger partial charge is 0.271 e. The van der Waals surface area contributed by atoms with E-state index >= 15 is 0 Å². The molecule has 3 unspecified atom stereocenters. The minimum Gasteiger partial charge on any atom is -0.373 e. The molecule has 136 valence electrons. The van der Waals surface area contributed by atoms with Crippen molar-refractivity contribution >= 4 is 17.3 Å².